The van der Waals surface area contributed by atoms with Crippen LogP contribution in [0.1, 0.15) is 5.56 Å². The van der Waals surface area contributed by atoms with Crippen molar-refractivity contribution in [2.24, 2.45) is 0 Å². The Morgan fingerprint density at radius 1 is 1.18 bits per heavy atom. The molecule has 1 aliphatic heterocycles. The van der Waals surface area contributed by atoms with Gasteiger partial charge in [-0.05, 0) is 17.7 Å². The number of nitrogens with zero attached hydrogens (tertiary/aromatic N) is 1. The van der Waals surface area contributed by atoms with Crippen LogP contribution in [0.15, 0.2) is 30.3 Å². The molecular weight excluding hydrogens is 225 g/mol. The van der Waals surface area contributed by atoms with Gasteiger partial charge in [0.25, 0.3) is 11.8 Å². The molecule has 0 atom stereocenters. The first kappa shape index (κ1) is 11.5. The monoisotopic (exact) mass is 235 g/mol. The van der Waals surface area contributed by atoms with Crippen molar-refractivity contribution in [3.05, 3.63) is 41.7 Å². The summed E-state index contributed by atoms with van der Waals surface area (Å²) in [6.45, 7) is -0.305. The molecule has 1 heterocycles. The van der Waals surface area contributed by atoms with E-state index < -0.39 is 17.6 Å². The lowest BCUT2D eigenvalue weighted by Crippen LogP contribution is -2.33. The summed E-state index contributed by atoms with van der Waals surface area (Å²) in [5, 5.41) is 8.74. The molecule has 0 spiro atoms. The van der Waals surface area contributed by atoms with Gasteiger partial charge in [-0.3, -0.25) is 14.5 Å². The van der Waals surface area contributed by atoms with E-state index in [4.69, 9.17) is 5.11 Å². The molecular formula is C12H10FNO3. The van der Waals surface area contributed by atoms with Crippen LogP contribution in [0.5, 0.6) is 0 Å². The van der Waals surface area contributed by atoms with Crippen LogP contribution < -0.4 is 0 Å². The van der Waals surface area contributed by atoms with Crippen molar-refractivity contribution in [2.45, 2.75) is 0 Å². The van der Waals surface area contributed by atoms with Gasteiger partial charge in [-0.1, -0.05) is 12.1 Å². The maximum Gasteiger partial charge on any atom is 0.261 e. The van der Waals surface area contributed by atoms with Gasteiger partial charge in [-0.2, -0.15) is 0 Å². The number of imide groups is 1. The van der Waals surface area contributed by atoms with Crippen LogP contribution in [0.2, 0.25) is 0 Å². The molecule has 0 bridgehead atoms. The summed E-state index contributed by atoms with van der Waals surface area (Å²) >= 11 is 0. The van der Waals surface area contributed by atoms with Crippen LogP contribution in [0.4, 0.5) is 4.39 Å². The van der Waals surface area contributed by atoms with E-state index in [1.54, 1.807) is 0 Å². The number of hydrogen-bond acceptors (Lipinski definition) is 3. The van der Waals surface area contributed by atoms with Gasteiger partial charge in [0.1, 0.15) is 5.82 Å². The number of aliphatic hydroxyl groups is 1. The first-order chi connectivity index (χ1) is 8.13. The van der Waals surface area contributed by atoms with Crippen LogP contribution in [-0.2, 0) is 9.59 Å². The van der Waals surface area contributed by atoms with Crippen molar-refractivity contribution in [1.82, 2.24) is 4.90 Å². The van der Waals surface area contributed by atoms with Crippen molar-refractivity contribution in [2.75, 3.05) is 13.2 Å². The van der Waals surface area contributed by atoms with E-state index in [0.717, 1.165) is 4.90 Å². The largest absolute Gasteiger partial charge is 0.395 e. The minimum absolute atomic E-state index is 0.0289. The highest BCUT2D eigenvalue weighted by molar-refractivity contribution is 6.33. The molecule has 0 aliphatic carbocycles. The maximum atomic E-state index is 12.7. The van der Waals surface area contributed by atoms with Gasteiger partial charge < -0.3 is 5.11 Å². The molecule has 0 unspecified atom stereocenters. The van der Waals surface area contributed by atoms with Crippen LogP contribution in [0.3, 0.4) is 0 Å². The van der Waals surface area contributed by atoms with Crippen molar-refractivity contribution in [3.8, 4) is 0 Å². The molecule has 0 saturated heterocycles. The first-order valence-electron chi connectivity index (χ1n) is 5.08. The van der Waals surface area contributed by atoms with Gasteiger partial charge >= 0.3 is 0 Å². The van der Waals surface area contributed by atoms with Gasteiger partial charge in [0, 0.05) is 6.08 Å². The van der Waals surface area contributed by atoms with Crippen molar-refractivity contribution in [1.29, 1.82) is 0 Å². The van der Waals surface area contributed by atoms with Crippen LogP contribution in [0, 0.1) is 5.82 Å². The molecule has 1 aromatic rings. The van der Waals surface area contributed by atoms with Gasteiger partial charge in [-0.15, -0.1) is 0 Å². The number of amides is 2. The predicted molar refractivity (Wildman–Crippen MR) is 58.2 cm³/mol. The number of halogens is 1. The normalized spacial score (nSPS) is 15.4. The Balaban J connectivity index is 2.29. The summed E-state index contributed by atoms with van der Waals surface area (Å²) in [7, 11) is 0. The fraction of sp³-hybridized carbons (Fsp3) is 0.167. The lowest BCUT2D eigenvalue weighted by molar-refractivity contribution is -0.136. The van der Waals surface area contributed by atoms with Crippen LogP contribution in [-0.4, -0.2) is 35.0 Å². The quantitative estimate of drug-likeness (QED) is 0.779. The number of β-amino-alcohol motifs (C(OH)–C–C–N with tert-alkyl or cyclic N) is 1. The Hall–Kier alpha value is -2.01. The van der Waals surface area contributed by atoms with Gasteiger partial charge in [0.05, 0.1) is 18.7 Å². The Morgan fingerprint density at radius 2 is 1.82 bits per heavy atom. The van der Waals surface area contributed by atoms with Gasteiger partial charge in [0.2, 0.25) is 0 Å². The molecule has 5 heteroatoms. The SMILES string of the molecule is O=C1C=C(c2ccc(F)cc2)C(=O)N1CCO. The van der Waals surface area contributed by atoms with Crippen LogP contribution >= 0.6 is 0 Å². The second-order valence-corrected chi connectivity index (χ2v) is 3.58. The molecule has 88 valence electrons. The van der Waals surface area contributed by atoms with Crippen molar-refractivity contribution in [3.63, 3.8) is 0 Å². The second-order valence-electron chi connectivity index (χ2n) is 3.58. The highest BCUT2D eigenvalue weighted by Crippen LogP contribution is 2.23. The number of hydrogen-bond donors (Lipinski definition) is 1. The van der Waals surface area contributed by atoms with E-state index in [-0.39, 0.29) is 18.7 Å². The average molecular weight is 235 g/mol. The molecule has 0 aromatic heterocycles. The third kappa shape index (κ3) is 2.09. The molecule has 1 aliphatic rings. The first-order valence-corrected chi connectivity index (χ1v) is 5.08. The zero-order valence-electron chi connectivity index (χ0n) is 8.89. The van der Waals surface area contributed by atoms with E-state index >= 15 is 0 Å². The molecule has 2 amide bonds. The molecule has 17 heavy (non-hydrogen) atoms. The third-order valence-corrected chi connectivity index (χ3v) is 2.49. The van der Waals surface area contributed by atoms with Crippen molar-refractivity contribution < 1.29 is 19.1 Å². The molecule has 0 fully saturated rings. The zero-order chi connectivity index (χ0) is 12.4. The summed E-state index contributed by atoms with van der Waals surface area (Å²) in [5.74, 6) is -1.32. The fourth-order valence-electron chi connectivity index (χ4n) is 1.66. The third-order valence-electron chi connectivity index (χ3n) is 2.49. The van der Waals surface area contributed by atoms with Gasteiger partial charge in [0.15, 0.2) is 0 Å². The topological polar surface area (TPSA) is 57.6 Å². The lowest BCUT2D eigenvalue weighted by atomic mass is 10.1. The van der Waals surface area contributed by atoms with Gasteiger partial charge in [-0.25, -0.2) is 4.39 Å². The maximum absolute atomic E-state index is 12.7. The summed E-state index contributed by atoms with van der Waals surface area (Å²) in [5.41, 5.74) is 0.716. The van der Waals surface area contributed by atoms with Crippen LogP contribution in [0.25, 0.3) is 5.57 Å². The fourth-order valence-corrected chi connectivity index (χ4v) is 1.66. The number of aliphatic hydroxyl groups excluding tert-OH is 1. The molecule has 1 N–H and O–H groups in total. The molecule has 0 radical (unpaired) electrons. The summed E-state index contributed by atoms with van der Waals surface area (Å²) < 4.78 is 12.7. The minimum Gasteiger partial charge on any atom is -0.395 e. The Labute approximate surface area is 97.0 Å². The number of carbonyl (C=O) groups excluding carboxylic acids is 2. The highest BCUT2D eigenvalue weighted by atomic mass is 19.1. The number of carbonyl (C=O) groups is 2. The Morgan fingerprint density at radius 3 is 2.41 bits per heavy atom. The molecule has 4 nitrogen and oxygen atoms in total. The average Bonchev–Trinajstić information content (AvgIpc) is 2.59. The van der Waals surface area contributed by atoms with E-state index in [2.05, 4.69) is 0 Å². The van der Waals surface area contributed by atoms with E-state index in [1.807, 2.05) is 0 Å². The zero-order valence-corrected chi connectivity index (χ0v) is 8.89. The number of benzene rings is 1. The van der Waals surface area contributed by atoms with Crippen molar-refractivity contribution >= 4 is 17.4 Å². The molecule has 0 saturated carbocycles. The lowest BCUT2D eigenvalue weighted by Gasteiger charge is -2.12. The van der Waals surface area contributed by atoms with E-state index in [0.29, 0.717) is 5.56 Å². The Bertz CT molecular complexity index is 493. The number of rotatable bonds is 3. The predicted octanol–water partition coefficient (Wildman–Crippen LogP) is 0.570. The molecule has 2 rings (SSSR count). The standard InChI is InChI=1S/C12H10FNO3/c13-9-3-1-8(2-4-9)10-7-11(16)14(5-6-15)12(10)17/h1-4,7,15H,5-6H2. The minimum atomic E-state index is -0.462. The summed E-state index contributed by atoms with van der Waals surface area (Å²) in [6.07, 6.45) is 1.20. The highest BCUT2D eigenvalue weighted by Gasteiger charge is 2.30. The second kappa shape index (κ2) is 4.47. The Kier molecular flexibility index (Phi) is 3.01. The van der Waals surface area contributed by atoms with E-state index in [1.165, 1.54) is 30.3 Å². The summed E-state index contributed by atoms with van der Waals surface area (Å²) in [6, 6.07) is 5.33. The molecule has 1 aromatic carbocycles. The summed E-state index contributed by atoms with van der Waals surface area (Å²) in [4.78, 5) is 24.2. The smallest absolute Gasteiger partial charge is 0.261 e. The van der Waals surface area contributed by atoms with E-state index in [9.17, 15) is 14.0 Å².